The van der Waals surface area contributed by atoms with E-state index in [-0.39, 0.29) is 24.0 Å². The highest BCUT2D eigenvalue weighted by Gasteiger charge is 2.11. The number of hydrogen-bond acceptors (Lipinski definition) is 2. The fourth-order valence-corrected chi connectivity index (χ4v) is 3.31. The Morgan fingerprint density at radius 3 is 2.64 bits per heavy atom. The number of halogens is 2. The van der Waals surface area contributed by atoms with E-state index in [1.165, 1.54) is 0 Å². The first-order valence-electron chi connectivity index (χ1n) is 8.81. The van der Waals surface area contributed by atoms with Gasteiger partial charge in [0.25, 0.3) is 0 Å². The molecule has 8 heteroatoms. The van der Waals surface area contributed by atoms with Gasteiger partial charge in [0.1, 0.15) is 0 Å². The molecule has 0 radical (unpaired) electrons. The summed E-state index contributed by atoms with van der Waals surface area (Å²) in [4.78, 5) is 6.48. The molecule has 1 N–H and O–H groups in total. The van der Waals surface area contributed by atoms with E-state index in [1.54, 1.807) is 7.05 Å². The Bertz CT molecular complexity index is 946. The summed E-state index contributed by atoms with van der Waals surface area (Å²) < 4.78 is 3.94. The number of rotatable bonds is 5. The van der Waals surface area contributed by atoms with Gasteiger partial charge in [-0.1, -0.05) is 29.8 Å². The number of aryl methyl sites for hydroxylation is 2. The van der Waals surface area contributed by atoms with E-state index in [9.17, 15) is 0 Å². The second-order valence-electron chi connectivity index (χ2n) is 6.55. The molecule has 0 spiro atoms. The first kappa shape index (κ1) is 22.3. The molecular formula is C20H26ClIN6. The number of nitrogens with zero attached hydrogens (tertiary/aromatic N) is 5. The van der Waals surface area contributed by atoms with Crippen LogP contribution >= 0.6 is 35.6 Å². The summed E-state index contributed by atoms with van der Waals surface area (Å²) in [5.41, 5.74) is 4.33. The number of aliphatic imine (C=N–C) groups is 1. The second-order valence-corrected chi connectivity index (χ2v) is 6.98. The molecule has 0 aliphatic carbocycles. The van der Waals surface area contributed by atoms with Crippen molar-refractivity contribution in [1.82, 2.24) is 24.6 Å². The predicted octanol–water partition coefficient (Wildman–Crippen LogP) is 4.00. The lowest BCUT2D eigenvalue weighted by molar-refractivity contribution is 0.461. The van der Waals surface area contributed by atoms with E-state index in [1.807, 2.05) is 66.9 Å². The van der Waals surface area contributed by atoms with Crippen LogP contribution in [0.1, 0.15) is 17.0 Å². The zero-order chi connectivity index (χ0) is 19.4. The molecule has 0 atom stereocenters. The summed E-state index contributed by atoms with van der Waals surface area (Å²) in [6, 6.07) is 12.2. The minimum absolute atomic E-state index is 0. The monoisotopic (exact) mass is 512 g/mol. The van der Waals surface area contributed by atoms with Crippen LogP contribution in [-0.2, 0) is 20.1 Å². The maximum Gasteiger partial charge on any atom is 0.194 e. The molecule has 6 nitrogen and oxygen atoms in total. The molecule has 0 saturated carbocycles. The average Bonchev–Trinajstić information content (AvgIpc) is 3.21. The van der Waals surface area contributed by atoms with Crippen LogP contribution in [0.15, 0.2) is 53.8 Å². The van der Waals surface area contributed by atoms with E-state index in [0.29, 0.717) is 13.1 Å². The molecule has 0 bridgehead atoms. The SMILES string of the molecule is CN=C(NCc1ccccc1-n1ccc(C)n1)N(C)Cc1cc(Cl)cn1C.I. The van der Waals surface area contributed by atoms with Crippen molar-refractivity contribution in [3.05, 3.63) is 70.8 Å². The first-order valence-corrected chi connectivity index (χ1v) is 9.19. The first-order chi connectivity index (χ1) is 13.0. The molecule has 1 aromatic carbocycles. The number of para-hydroxylation sites is 1. The zero-order valence-electron chi connectivity index (χ0n) is 16.6. The standard InChI is InChI=1S/C20H25ClN6.HI/c1-15-9-10-27(24-15)19-8-6-5-7-16(19)12-23-20(22-2)26(4)14-18-11-17(21)13-25(18)3;/h5-11,13H,12,14H2,1-4H3,(H,22,23);1H. The molecule has 0 saturated heterocycles. The van der Waals surface area contributed by atoms with Gasteiger partial charge in [0.2, 0.25) is 0 Å². The van der Waals surface area contributed by atoms with Crippen molar-refractivity contribution in [2.75, 3.05) is 14.1 Å². The lowest BCUT2D eigenvalue weighted by Gasteiger charge is -2.23. The van der Waals surface area contributed by atoms with Crippen molar-refractivity contribution in [3.63, 3.8) is 0 Å². The topological polar surface area (TPSA) is 50.4 Å². The lowest BCUT2D eigenvalue weighted by atomic mass is 10.2. The Balaban J connectivity index is 0.00000280. The molecule has 28 heavy (non-hydrogen) atoms. The highest BCUT2D eigenvalue weighted by atomic mass is 127. The maximum absolute atomic E-state index is 6.09. The molecule has 0 aliphatic rings. The molecule has 0 fully saturated rings. The zero-order valence-corrected chi connectivity index (χ0v) is 19.6. The van der Waals surface area contributed by atoms with Gasteiger partial charge in [0.15, 0.2) is 5.96 Å². The molecular weight excluding hydrogens is 487 g/mol. The Morgan fingerprint density at radius 2 is 2.04 bits per heavy atom. The fraction of sp³-hybridized carbons (Fsp3) is 0.300. The normalized spacial score (nSPS) is 11.2. The van der Waals surface area contributed by atoms with Crippen LogP contribution in [0.5, 0.6) is 0 Å². The summed E-state index contributed by atoms with van der Waals surface area (Å²) in [5.74, 6) is 0.818. The van der Waals surface area contributed by atoms with Gasteiger partial charge < -0.3 is 14.8 Å². The molecule has 0 aliphatic heterocycles. The molecule has 3 rings (SSSR count). The quantitative estimate of drug-likeness (QED) is 0.319. The van der Waals surface area contributed by atoms with Gasteiger partial charge >= 0.3 is 0 Å². The molecule has 2 aromatic heterocycles. The van der Waals surface area contributed by atoms with E-state index in [4.69, 9.17) is 11.6 Å². The molecule has 2 heterocycles. The van der Waals surface area contributed by atoms with E-state index < -0.39 is 0 Å². The highest BCUT2D eigenvalue weighted by molar-refractivity contribution is 14.0. The predicted molar refractivity (Wildman–Crippen MR) is 126 cm³/mol. The van der Waals surface area contributed by atoms with Gasteiger partial charge in [-0.15, -0.1) is 24.0 Å². The van der Waals surface area contributed by atoms with Crippen LogP contribution < -0.4 is 5.32 Å². The second kappa shape index (κ2) is 9.97. The van der Waals surface area contributed by atoms with Crippen molar-refractivity contribution in [2.45, 2.75) is 20.0 Å². The summed E-state index contributed by atoms with van der Waals surface area (Å²) >= 11 is 6.09. The van der Waals surface area contributed by atoms with Crippen LogP contribution in [-0.4, -0.2) is 39.3 Å². The Hall–Kier alpha value is -2.00. The van der Waals surface area contributed by atoms with Crippen molar-refractivity contribution in [1.29, 1.82) is 0 Å². The molecule has 150 valence electrons. The largest absolute Gasteiger partial charge is 0.352 e. The van der Waals surface area contributed by atoms with E-state index in [2.05, 4.69) is 32.4 Å². The van der Waals surface area contributed by atoms with Crippen LogP contribution in [0.3, 0.4) is 0 Å². The van der Waals surface area contributed by atoms with E-state index in [0.717, 1.165) is 33.6 Å². The summed E-state index contributed by atoms with van der Waals surface area (Å²) in [5, 5.41) is 8.71. The van der Waals surface area contributed by atoms with Crippen molar-refractivity contribution in [3.8, 4) is 5.69 Å². The molecule has 0 amide bonds. The summed E-state index contributed by atoms with van der Waals surface area (Å²) in [6.07, 6.45) is 3.89. The van der Waals surface area contributed by atoms with Crippen LogP contribution in [0.4, 0.5) is 0 Å². The number of hydrogen-bond donors (Lipinski definition) is 1. The minimum atomic E-state index is 0. The van der Waals surface area contributed by atoms with Crippen LogP contribution in [0, 0.1) is 6.92 Å². The molecule has 0 unspecified atom stereocenters. The van der Waals surface area contributed by atoms with Gasteiger partial charge in [-0.05, 0) is 30.7 Å². The van der Waals surface area contributed by atoms with E-state index >= 15 is 0 Å². The third kappa shape index (κ3) is 5.29. The number of nitrogens with one attached hydrogen (secondary N) is 1. The van der Waals surface area contributed by atoms with Gasteiger partial charge in [-0.25, -0.2) is 4.68 Å². The fourth-order valence-electron chi connectivity index (χ4n) is 3.03. The number of aromatic nitrogens is 3. The van der Waals surface area contributed by atoms with Gasteiger partial charge in [0.05, 0.1) is 22.9 Å². The lowest BCUT2D eigenvalue weighted by Crippen LogP contribution is -2.38. The summed E-state index contributed by atoms with van der Waals surface area (Å²) in [7, 11) is 5.80. The van der Waals surface area contributed by atoms with Crippen LogP contribution in [0.2, 0.25) is 5.02 Å². The average molecular weight is 513 g/mol. The Kier molecular flexibility index (Phi) is 7.94. The Labute approximate surface area is 188 Å². The molecule has 3 aromatic rings. The van der Waals surface area contributed by atoms with Crippen LogP contribution in [0.25, 0.3) is 5.69 Å². The van der Waals surface area contributed by atoms with Gasteiger partial charge in [-0.2, -0.15) is 5.10 Å². The third-order valence-corrected chi connectivity index (χ3v) is 4.65. The van der Waals surface area contributed by atoms with Gasteiger partial charge in [0, 0.05) is 45.8 Å². The maximum atomic E-state index is 6.09. The van der Waals surface area contributed by atoms with Gasteiger partial charge in [-0.3, -0.25) is 4.99 Å². The van der Waals surface area contributed by atoms with Crippen molar-refractivity contribution < 1.29 is 0 Å². The highest BCUT2D eigenvalue weighted by Crippen LogP contribution is 2.16. The van der Waals surface area contributed by atoms with Crippen molar-refractivity contribution >= 4 is 41.5 Å². The summed E-state index contributed by atoms with van der Waals surface area (Å²) in [6.45, 7) is 3.35. The number of guanidine groups is 1. The Morgan fingerprint density at radius 1 is 1.29 bits per heavy atom. The third-order valence-electron chi connectivity index (χ3n) is 4.44. The smallest absolute Gasteiger partial charge is 0.194 e. The minimum Gasteiger partial charge on any atom is -0.352 e. The number of benzene rings is 1. The van der Waals surface area contributed by atoms with Crippen molar-refractivity contribution in [2.24, 2.45) is 12.0 Å².